The first-order chi connectivity index (χ1) is 11.7. The molecule has 2 N–H and O–H groups in total. The number of carbonyl (C=O) groups excluding carboxylic acids is 1. The summed E-state index contributed by atoms with van der Waals surface area (Å²) < 4.78 is 5.18. The summed E-state index contributed by atoms with van der Waals surface area (Å²) in [5, 5.41) is 13.5. The van der Waals surface area contributed by atoms with Crippen molar-refractivity contribution in [3.63, 3.8) is 0 Å². The Balaban J connectivity index is 1.55. The number of H-pyrrole nitrogens is 1. The Labute approximate surface area is 138 Å². The molecular weight excluding hydrogens is 306 g/mol. The minimum absolute atomic E-state index is 0.0212. The summed E-state index contributed by atoms with van der Waals surface area (Å²) in [6, 6.07) is 6.13. The number of fused-ring (bicyclic) bond motifs is 1. The highest BCUT2D eigenvalue weighted by molar-refractivity contribution is 5.94. The Morgan fingerprint density at radius 3 is 3.12 bits per heavy atom. The normalized spacial score (nSPS) is 16.1. The van der Waals surface area contributed by atoms with Crippen LogP contribution >= 0.6 is 0 Å². The summed E-state index contributed by atoms with van der Waals surface area (Å²) in [4.78, 5) is 16.6. The second-order valence-corrected chi connectivity index (χ2v) is 5.83. The molecule has 0 fully saturated rings. The largest absolute Gasteiger partial charge is 0.345 e. The average Bonchev–Trinajstić information content (AvgIpc) is 3.35. The van der Waals surface area contributed by atoms with Crippen molar-refractivity contribution < 1.29 is 9.32 Å². The van der Waals surface area contributed by atoms with E-state index in [0.717, 1.165) is 30.4 Å². The van der Waals surface area contributed by atoms with E-state index in [-0.39, 0.29) is 11.9 Å². The Morgan fingerprint density at radius 1 is 1.46 bits per heavy atom. The molecule has 2 heterocycles. The summed E-state index contributed by atoms with van der Waals surface area (Å²) in [5.41, 5.74) is 3.85. The zero-order chi connectivity index (χ0) is 16.5. The van der Waals surface area contributed by atoms with Crippen LogP contribution < -0.4 is 5.32 Å². The van der Waals surface area contributed by atoms with Gasteiger partial charge in [-0.1, -0.05) is 24.2 Å². The van der Waals surface area contributed by atoms with Crippen LogP contribution in [0.1, 0.15) is 46.8 Å². The molecule has 24 heavy (non-hydrogen) atoms. The Hall–Kier alpha value is -2.96. The van der Waals surface area contributed by atoms with E-state index in [1.165, 1.54) is 11.8 Å². The van der Waals surface area contributed by atoms with Gasteiger partial charge in [0.15, 0.2) is 0 Å². The Kier molecular flexibility index (Phi) is 3.60. The third-order valence-corrected chi connectivity index (χ3v) is 4.32. The van der Waals surface area contributed by atoms with Gasteiger partial charge in [-0.15, -0.1) is 0 Å². The van der Waals surface area contributed by atoms with Crippen molar-refractivity contribution in [3.8, 4) is 11.4 Å². The molecule has 1 unspecified atom stereocenters. The maximum atomic E-state index is 12.2. The number of carbonyl (C=O) groups is 1. The fourth-order valence-corrected chi connectivity index (χ4v) is 3.04. The third-order valence-electron chi connectivity index (χ3n) is 4.32. The summed E-state index contributed by atoms with van der Waals surface area (Å²) in [7, 11) is 0. The molecule has 7 heteroatoms. The lowest BCUT2D eigenvalue weighted by atomic mass is 10.0. The predicted octanol–water partition coefficient (Wildman–Crippen LogP) is 2.44. The molecule has 1 atom stereocenters. The molecule has 0 saturated carbocycles. The van der Waals surface area contributed by atoms with Crippen molar-refractivity contribution >= 4 is 5.91 Å². The first-order valence-corrected chi connectivity index (χ1v) is 8.00. The summed E-state index contributed by atoms with van der Waals surface area (Å²) in [6.45, 7) is 1.98. The number of aryl methyl sites for hydroxylation is 2. The molecule has 0 saturated heterocycles. The van der Waals surface area contributed by atoms with Gasteiger partial charge in [-0.05, 0) is 30.0 Å². The van der Waals surface area contributed by atoms with Gasteiger partial charge in [0.25, 0.3) is 5.91 Å². The average molecular weight is 323 g/mol. The molecule has 1 aliphatic carbocycles. The van der Waals surface area contributed by atoms with Crippen LogP contribution in [-0.4, -0.2) is 26.2 Å². The van der Waals surface area contributed by atoms with Crippen molar-refractivity contribution in [2.75, 3.05) is 0 Å². The Morgan fingerprint density at radius 2 is 2.38 bits per heavy atom. The van der Waals surface area contributed by atoms with Crippen LogP contribution in [-0.2, 0) is 12.8 Å². The number of rotatable bonds is 4. The Bertz CT molecular complexity index is 869. The van der Waals surface area contributed by atoms with Crippen LogP contribution in [0.3, 0.4) is 0 Å². The molecule has 2 aromatic heterocycles. The van der Waals surface area contributed by atoms with E-state index in [2.05, 4.69) is 31.7 Å². The number of hydrogen-bond acceptors (Lipinski definition) is 5. The van der Waals surface area contributed by atoms with Crippen LogP contribution in [0, 0.1) is 0 Å². The lowest BCUT2D eigenvalue weighted by molar-refractivity contribution is 0.0937. The summed E-state index contributed by atoms with van der Waals surface area (Å²) >= 11 is 0. The maximum Gasteiger partial charge on any atom is 0.254 e. The van der Waals surface area contributed by atoms with Gasteiger partial charge in [0.1, 0.15) is 0 Å². The molecule has 0 aliphatic heterocycles. The number of benzene rings is 1. The van der Waals surface area contributed by atoms with Crippen LogP contribution in [0.5, 0.6) is 0 Å². The van der Waals surface area contributed by atoms with E-state index in [1.54, 1.807) is 6.20 Å². The third kappa shape index (κ3) is 2.58. The molecule has 7 nitrogen and oxygen atoms in total. The fraction of sp³-hybridized carbons (Fsp3) is 0.294. The standard InChI is InChI=1S/C17H17N5O2/c1-2-15-21-16(22-24-15)11-3-5-13-10(7-11)4-6-14(13)20-17(23)12-8-18-19-9-12/h3,5,7-9,14H,2,4,6H2,1H3,(H,18,19)(H,20,23). The number of aromatic nitrogens is 4. The maximum absolute atomic E-state index is 12.2. The van der Waals surface area contributed by atoms with Crippen LogP contribution in [0.25, 0.3) is 11.4 Å². The molecule has 0 bridgehead atoms. The zero-order valence-electron chi connectivity index (χ0n) is 13.2. The van der Waals surface area contributed by atoms with Crippen molar-refractivity contribution in [3.05, 3.63) is 53.2 Å². The van der Waals surface area contributed by atoms with E-state index in [9.17, 15) is 4.79 Å². The lowest BCUT2D eigenvalue weighted by Crippen LogP contribution is -2.26. The second-order valence-electron chi connectivity index (χ2n) is 5.83. The van der Waals surface area contributed by atoms with Crippen molar-refractivity contribution in [1.82, 2.24) is 25.7 Å². The molecule has 0 spiro atoms. The van der Waals surface area contributed by atoms with Crippen molar-refractivity contribution in [2.24, 2.45) is 0 Å². The molecule has 0 radical (unpaired) electrons. The summed E-state index contributed by atoms with van der Waals surface area (Å²) in [6.07, 6.45) is 5.64. The number of aromatic amines is 1. The molecule has 1 aliphatic rings. The fourth-order valence-electron chi connectivity index (χ4n) is 3.04. The summed E-state index contributed by atoms with van der Waals surface area (Å²) in [5.74, 6) is 1.13. The number of nitrogens with zero attached hydrogens (tertiary/aromatic N) is 3. The van der Waals surface area contributed by atoms with Gasteiger partial charge in [0.2, 0.25) is 11.7 Å². The number of nitrogens with one attached hydrogen (secondary N) is 2. The zero-order valence-corrected chi connectivity index (χ0v) is 13.2. The lowest BCUT2D eigenvalue weighted by Gasteiger charge is -2.13. The quantitative estimate of drug-likeness (QED) is 0.768. The van der Waals surface area contributed by atoms with E-state index in [1.807, 2.05) is 19.1 Å². The van der Waals surface area contributed by atoms with Crippen LogP contribution in [0.2, 0.25) is 0 Å². The predicted molar refractivity (Wildman–Crippen MR) is 86.2 cm³/mol. The van der Waals surface area contributed by atoms with Crippen LogP contribution in [0.4, 0.5) is 0 Å². The second kappa shape index (κ2) is 5.92. The highest BCUT2D eigenvalue weighted by atomic mass is 16.5. The van der Waals surface area contributed by atoms with Crippen molar-refractivity contribution in [2.45, 2.75) is 32.2 Å². The number of hydrogen-bond donors (Lipinski definition) is 2. The van der Waals surface area contributed by atoms with Gasteiger partial charge in [0.05, 0.1) is 17.8 Å². The molecule has 1 amide bonds. The first kappa shape index (κ1) is 14.6. The molecule has 1 aromatic carbocycles. The van der Waals surface area contributed by atoms with Gasteiger partial charge in [-0.25, -0.2) is 0 Å². The highest BCUT2D eigenvalue weighted by Crippen LogP contribution is 2.33. The molecular formula is C17H17N5O2. The van der Waals surface area contributed by atoms with E-state index in [4.69, 9.17) is 4.52 Å². The van der Waals surface area contributed by atoms with Gasteiger partial charge in [0, 0.05) is 18.2 Å². The van der Waals surface area contributed by atoms with E-state index < -0.39 is 0 Å². The molecule has 4 rings (SSSR count). The van der Waals surface area contributed by atoms with E-state index >= 15 is 0 Å². The first-order valence-electron chi connectivity index (χ1n) is 8.00. The smallest absolute Gasteiger partial charge is 0.254 e. The number of amides is 1. The van der Waals surface area contributed by atoms with Crippen LogP contribution in [0.15, 0.2) is 35.1 Å². The van der Waals surface area contributed by atoms with Gasteiger partial charge in [-0.2, -0.15) is 10.1 Å². The minimum Gasteiger partial charge on any atom is -0.345 e. The minimum atomic E-state index is -0.114. The molecule has 122 valence electrons. The monoisotopic (exact) mass is 323 g/mol. The van der Waals surface area contributed by atoms with E-state index in [0.29, 0.717) is 17.3 Å². The van der Waals surface area contributed by atoms with Gasteiger partial charge >= 0.3 is 0 Å². The molecule has 3 aromatic rings. The topological polar surface area (TPSA) is 96.7 Å². The SMILES string of the molecule is CCc1nc(-c2ccc3c(c2)CCC3NC(=O)c2cn[nH]c2)no1. The van der Waals surface area contributed by atoms with Gasteiger partial charge < -0.3 is 9.84 Å². The highest BCUT2D eigenvalue weighted by Gasteiger charge is 2.25. The van der Waals surface area contributed by atoms with Crippen molar-refractivity contribution in [1.29, 1.82) is 0 Å². The van der Waals surface area contributed by atoms with Gasteiger partial charge in [-0.3, -0.25) is 9.89 Å².